The standard InChI is InChI=1S/C4H6BNO3S/c5-4(7)6-10(8,9)3-1-2-3/h3H,1-2H2,(H,6,7). The highest BCUT2D eigenvalue weighted by Gasteiger charge is 2.35. The van der Waals surface area contributed by atoms with Gasteiger partial charge in [0, 0.05) is 0 Å². The molecule has 1 saturated carbocycles. The Hall–Kier alpha value is -0.515. The molecule has 0 aliphatic heterocycles. The highest BCUT2D eigenvalue weighted by atomic mass is 32.2. The molecule has 1 amide bonds. The van der Waals surface area contributed by atoms with Crippen LogP contribution in [0.25, 0.3) is 0 Å². The minimum Gasteiger partial charge on any atom is -0.288 e. The van der Waals surface area contributed by atoms with E-state index in [9.17, 15) is 13.2 Å². The van der Waals surface area contributed by atoms with Crippen molar-refractivity contribution in [1.29, 1.82) is 0 Å². The van der Waals surface area contributed by atoms with Crippen molar-refractivity contribution in [3.05, 3.63) is 0 Å². The molecule has 2 radical (unpaired) electrons. The van der Waals surface area contributed by atoms with Gasteiger partial charge >= 0.3 is 0 Å². The normalized spacial score (nSPS) is 18.4. The summed E-state index contributed by atoms with van der Waals surface area (Å²) in [7, 11) is 1.20. The molecule has 1 fully saturated rings. The summed E-state index contributed by atoms with van der Waals surface area (Å²) in [6.45, 7) is 0. The van der Waals surface area contributed by atoms with Gasteiger partial charge in [0.25, 0.3) is 0 Å². The summed E-state index contributed by atoms with van der Waals surface area (Å²) in [6, 6.07) is 0. The lowest BCUT2D eigenvalue weighted by molar-refractivity contribution is 0.263. The average Bonchev–Trinajstić information content (AvgIpc) is 2.35. The van der Waals surface area contributed by atoms with Crippen LogP contribution in [0.3, 0.4) is 0 Å². The Bertz CT molecular complexity index is 243. The SMILES string of the molecule is [B]C(=O)NS(=O)(=O)C1CC1. The Morgan fingerprint density at radius 1 is 1.50 bits per heavy atom. The van der Waals surface area contributed by atoms with Crippen LogP contribution < -0.4 is 4.72 Å². The van der Waals surface area contributed by atoms with Gasteiger partial charge in [0.2, 0.25) is 17.9 Å². The van der Waals surface area contributed by atoms with E-state index in [-0.39, 0.29) is 5.25 Å². The molecule has 0 bridgehead atoms. The van der Waals surface area contributed by atoms with Crippen molar-refractivity contribution in [3.63, 3.8) is 0 Å². The Morgan fingerprint density at radius 2 is 2.00 bits per heavy atom. The van der Waals surface area contributed by atoms with Crippen LogP contribution in [0.15, 0.2) is 0 Å². The molecule has 1 rings (SSSR count). The van der Waals surface area contributed by atoms with Gasteiger partial charge in [-0.2, -0.15) is 0 Å². The molecule has 0 saturated heterocycles. The van der Waals surface area contributed by atoms with E-state index in [0.717, 1.165) is 0 Å². The van der Waals surface area contributed by atoms with Crippen LogP contribution in [0.2, 0.25) is 0 Å². The number of nitrogens with one attached hydrogen (secondary N) is 1. The summed E-state index contributed by atoms with van der Waals surface area (Å²) in [6.07, 6.45) is 1.26. The van der Waals surface area contributed by atoms with Crippen molar-refractivity contribution in [2.24, 2.45) is 0 Å². The highest BCUT2D eigenvalue weighted by Crippen LogP contribution is 2.27. The van der Waals surface area contributed by atoms with Crippen molar-refractivity contribution in [2.45, 2.75) is 18.1 Å². The summed E-state index contributed by atoms with van der Waals surface area (Å²) in [5.41, 5.74) is 0. The Kier molecular flexibility index (Phi) is 1.72. The number of hydrogen-bond acceptors (Lipinski definition) is 3. The molecule has 0 unspecified atom stereocenters. The van der Waals surface area contributed by atoms with Crippen LogP contribution in [0, 0.1) is 0 Å². The first-order valence-electron chi connectivity index (χ1n) is 2.83. The summed E-state index contributed by atoms with van der Waals surface area (Å²) in [4.78, 5) is 10.1. The third-order valence-corrected chi connectivity index (χ3v) is 3.04. The van der Waals surface area contributed by atoms with E-state index in [4.69, 9.17) is 0 Å². The van der Waals surface area contributed by atoms with E-state index < -0.39 is 15.8 Å². The molecular formula is C4H6BNO3S. The second-order valence-electron chi connectivity index (χ2n) is 2.21. The molecule has 0 atom stereocenters. The van der Waals surface area contributed by atoms with Gasteiger partial charge in [-0.25, -0.2) is 8.42 Å². The zero-order chi connectivity index (χ0) is 7.78. The maximum Gasteiger partial charge on any atom is 0.237 e. The molecular weight excluding hydrogens is 153 g/mol. The van der Waals surface area contributed by atoms with E-state index in [1.54, 1.807) is 4.72 Å². The number of hydrogen-bond donors (Lipinski definition) is 1. The molecule has 6 heteroatoms. The van der Waals surface area contributed by atoms with Gasteiger partial charge in [-0.05, 0) is 12.8 Å². The third kappa shape index (κ3) is 1.73. The third-order valence-electron chi connectivity index (χ3n) is 1.21. The largest absolute Gasteiger partial charge is 0.288 e. The fourth-order valence-corrected chi connectivity index (χ4v) is 1.81. The first kappa shape index (κ1) is 7.59. The zero-order valence-electron chi connectivity index (χ0n) is 5.20. The molecule has 0 aromatic heterocycles. The van der Waals surface area contributed by atoms with E-state index in [1.807, 2.05) is 0 Å². The van der Waals surface area contributed by atoms with Gasteiger partial charge in [-0.3, -0.25) is 9.52 Å². The number of sulfonamides is 1. The van der Waals surface area contributed by atoms with E-state index >= 15 is 0 Å². The van der Waals surface area contributed by atoms with Crippen LogP contribution in [0.1, 0.15) is 12.8 Å². The van der Waals surface area contributed by atoms with E-state index in [2.05, 4.69) is 7.85 Å². The van der Waals surface area contributed by atoms with Crippen LogP contribution in [-0.4, -0.2) is 27.3 Å². The average molecular weight is 159 g/mol. The minimum absolute atomic E-state index is 0.389. The summed E-state index contributed by atoms with van der Waals surface area (Å²) >= 11 is 0. The monoisotopic (exact) mass is 159 g/mol. The van der Waals surface area contributed by atoms with Gasteiger partial charge in [-0.1, -0.05) is 0 Å². The van der Waals surface area contributed by atoms with E-state index in [1.165, 1.54) is 0 Å². The van der Waals surface area contributed by atoms with Crippen LogP contribution in [0.5, 0.6) is 0 Å². The molecule has 10 heavy (non-hydrogen) atoms. The fourth-order valence-electron chi connectivity index (χ4n) is 0.602. The smallest absolute Gasteiger partial charge is 0.237 e. The molecule has 1 aliphatic rings. The predicted molar refractivity (Wildman–Crippen MR) is 36.2 cm³/mol. The first-order chi connectivity index (χ1) is 4.52. The van der Waals surface area contributed by atoms with Crippen molar-refractivity contribution in [2.75, 3.05) is 0 Å². The Labute approximate surface area is 60.5 Å². The minimum atomic E-state index is -3.41. The summed E-state index contributed by atoms with van der Waals surface area (Å²) in [5.74, 6) is -1.01. The van der Waals surface area contributed by atoms with Gasteiger partial charge in [-0.15, -0.1) is 0 Å². The molecule has 1 aliphatic carbocycles. The molecule has 54 valence electrons. The van der Waals surface area contributed by atoms with Gasteiger partial charge < -0.3 is 0 Å². The summed E-state index contributed by atoms with van der Waals surface area (Å²) < 4.78 is 23.3. The quantitative estimate of drug-likeness (QED) is 0.545. The van der Waals surface area contributed by atoms with Crippen LogP contribution >= 0.6 is 0 Å². The second-order valence-corrected chi connectivity index (χ2v) is 4.17. The number of rotatable bonds is 2. The Balaban J connectivity index is 2.60. The number of carbonyl (C=O) groups excluding carboxylic acids is 1. The molecule has 0 aromatic carbocycles. The van der Waals surface area contributed by atoms with Crippen molar-refractivity contribution in [3.8, 4) is 0 Å². The molecule has 1 N–H and O–H groups in total. The van der Waals surface area contributed by atoms with Crippen LogP contribution in [-0.2, 0) is 10.0 Å². The predicted octanol–water partition coefficient (Wildman–Crippen LogP) is -0.643. The van der Waals surface area contributed by atoms with Crippen molar-refractivity contribution >= 4 is 23.7 Å². The molecule has 4 nitrogen and oxygen atoms in total. The molecule has 0 heterocycles. The van der Waals surface area contributed by atoms with Crippen molar-refractivity contribution < 1.29 is 13.2 Å². The van der Waals surface area contributed by atoms with Gasteiger partial charge in [0.05, 0.1) is 5.25 Å². The topological polar surface area (TPSA) is 63.2 Å². The lowest BCUT2D eigenvalue weighted by Crippen LogP contribution is -2.32. The summed E-state index contributed by atoms with van der Waals surface area (Å²) in [5, 5.41) is -0.389. The highest BCUT2D eigenvalue weighted by molar-refractivity contribution is 7.91. The van der Waals surface area contributed by atoms with Crippen molar-refractivity contribution in [1.82, 2.24) is 4.72 Å². The molecule has 0 aromatic rings. The van der Waals surface area contributed by atoms with Crippen LogP contribution in [0.4, 0.5) is 4.79 Å². The fraction of sp³-hybridized carbons (Fsp3) is 0.750. The zero-order valence-corrected chi connectivity index (χ0v) is 6.02. The van der Waals surface area contributed by atoms with E-state index in [0.29, 0.717) is 12.8 Å². The Morgan fingerprint density at radius 3 is 2.30 bits per heavy atom. The number of amides is 1. The lowest BCUT2D eigenvalue weighted by Gasteiger charge is -2.00. The lowest BCUT2D eigenvalue weighted by atomic mass is 10.2. The second kappa shape index (κ2) is 2.27. The number of carbonyl (C=O) groups is 1. The maximum absolute atomic E-state index is 10.8. The maximum atomic E-state index is 10.8. The first-order valence-corrected chi connectivity index (χ1v) is 4.38. The molecule has 0 spiro atoms. The van der Waals surface area contributed by atoms with Gasteiger partial charge in [0.1, 0.15) is 0 Å². The van der Waals surface area contributed by atoms with Gasteiger partial charge in [0.15, 0.2) is 5.81 Å².